The Morgan fingerprint density at radius 3 is 2.42 bits per heavy atom. The number of Topliss-reactive ketones (excluding diaryl/α,β-unsaturated/α-hetero) is 1. The molecular weight excluding hydrogens is 465 g/mol. The quantitative estimate of drug-likeness (QED) is 0.477. The van der Waals surface area contributed by atoms with E-state index in [1.807, 2.05) is 0 Å². The Bertz CT molecular complexity index is 1260. The van der Waals surface area contributed by atoms with Crippen molar-refractivity contribution in [1.29, 1.82) is 0 Å². The molecule has 2 aliphatic rings. The highest BCUT2D eigenvalue weighted by molar-refractivity contribution is 6.12. The molecule has 2 aromatic rings. The predicted molar refractivity (Wildman–Crippen MR) is 129 cm³/mol. The fourth-order valence-electron chi connectivity index (χ4n) is 4.92. The van der Waals surface area contributed by atoms with Gasteiger partial charge in [-0.05, 0) is 43.0 Å². The first-order valence-electron chi connectivity index (χ1n) is 11.6. The van der Waals surface area contributed by atoms with Gasteiger partial charge in [0.15, 0.2) is 5.78 Å². The van der Waals surface area contributed by atoms with Crippen LogP contribution in [0.1, 0.15) is 37.3 Å². The van der Waals surface area contributed by atoms with Gasteiger partial charge in [0.25, 0.3) is 0 Å². The molecule has 0 radical (unpaired) electrons. The topological polar surface area (TPSA) is 90.9 Å². The van der Waals surface area contributed by atoms with Gasteiger partial charge >= 0.3 is 11.9 Å². The van der Waals surface area contributed by atoms with Gasteiger partial charge in [0, 0.05) is 22.5 Å². The second-order valence-electron chi connectivity index (χ2n) is 8.98. The third-order valence-electron chi connectivity index (χ3n) is 6.71. The molecule has 4 rings (SSSR count). The van der Waals surface area contributed by atoms with Gasteiger partial charge in [0.2, 0.25) is 0 Å². The van der Waals surface area contributed by atoms with E-state index in [4.69, 9.17) is 14.2 Å². The number of carbonyl (C=O) groups is 3. The Morgan fingerprint density at radius 2 is 1.78 bits per heavy atom. The van der Waals surface area contributed by atoms with Gasteiger partial charge in [0.1, 0.15) is 24.1 Å². The molecule has 0 bridgehead atoms. The molecule has 0 aromatic heterocycles. The molecule has 2 aromatic carbocycles. The number of halogens is 1. The lowest BCUT2D eigenvalue weighted by molar-refractivity contribution is -0.151. The van der Waals surface area contributed by atoms with E-state index in [0.29, 0.717) is 23.6 Å². The zero-order valence-corrected chi connectivity index (χ0v) is 20.6. The van der Waals surface area contributed by atoms with Gasteiger partial charge in [-0.3, -0.25) is 9.59 Å². The lowest BCUT2D eigenvalue weighted by Crippen LogP contribution is -2.43. The molecule has 1 aliphatic carbocycles. The number of ketones is 1. The van der Waals surface area contributed by atoms with Crippen LogP contribution in [0.15, 0.2) is 71.1 Å². The number of dihydropyridines is 1. The third kappa shape index (κ3) is 4.63. The lowest BCUT2D eigenvalue weighted by Gasteiger charge is -2.38. The number of allylic oxidation sites excluding steroid dienone is 3. The first-order valence-corrected chi connectivity index (χ1v) is 11.6. The number of benzene rings is 2. The Hall–Kier alpha value is -3.94. The molecule has 36 heavy (non-hydrogen) atoms. The average Bonchev–Trinajstić information content (AvgIpc) is 2.87. The number of esters is 2. The summed E-state index contributed by atoms with van der Waals surface area (Å²) in [4.78, 5) is 39.6. The molecular formula is C28H28FNO6. The van der Waals surface area contributed by atoms with Crippen LogP contribution in [0.2, 0.25) is 0 Å². The van der Waals surface area contributed by atoms with Gasteiger partial charge in [0.05, 0.1) is 25.7 Å². The minimum Gasteiger partial charge on any atom is -0.497 e. The smallest absolute Gasteiger partial charge is 0.337 e. The van der Waals surface area contributed by atoms with Crippen molar-refractivity contribution < 1.29 is 33.0 Å². The first kappa shape index (κ1) is 25.2. The van der Waals surface area contributed by atoms with Crippen LogP contribution in [0.5, 0.6) is 5.75 Å². The number of hydrogen-bond acceptors (Lipinski definition) is 7. The second-order valence-corrected chi connectivity index (χ2v) is 8.98. The summed E-state index contributed by atoms with van der Waals surface area (Å²) in [6.07, 6.45) is 0.372. The van der Waals surface area contributed by atoms with E-state index in [9.17, 15) is 14.4 Å². The Labute approximate surface area is 208 Å². The summed E-state index contributed by atoms with van der Waals surface area (Å²) in [6.45, 7) is 3.47. The van der Waals surface area contributed by atoms with E-state index < -0.39 is 35.4 Å². The molecule has 188 valence electrons. The van der Waals surface area contributed by atoms with Gasteiger partial charge in [-0.25, -0.2) is 9.18 Å². The van der Waals surface area contributed by atoms with Crippen molar-refractivity contribution in [2.75, 3.05) is 14.2 Å². The van der Waals surface area contributed by atoms with Crippen LogP contribution in [-0.4, -0.2) is 31.9 Å². The standard InChI is InChI=1S/C28H28FNO6/c1-15-13-21-25(26(31)22(15)27(32)35-4)24(19-7-5-6-8-20(19)29)23(16(2)30-21)28(33)36-14-17-9-11-18(34-3)12-10-17/h5-12,15,22,24,30H,13-14H2,1-4H3/t15-,22+,24-/m0/s1. The van der Waals surface area contributed by atoms with Crippen molar-refractivity contribution in [2.45, 2.75) is 32.8 Å². The molecule has 0 saturated heterocycles. The highest BCUT2D eigenvalue weighted by Crippen LogP contribution is 2.46. The van der Waals surface area contributed by atoms with Crippen molar-refractivity contribution >= 4 is 17.7 Å². The molecule has 0 spiro atoms. The van der Waals surface area contributed by atoms with Crippen LogP contribution in [0.4, 0.5) is 4.39 Å². The number of nitrogens with one attached hydrogen (secondary N) is 1. The molecule has 0 fully saturated rings. The van der Waals surface area contributed by atoms with Crippen LogP contribution < -0.4 is 10.1 Å². The first-order chi connectivity index (χ1) is 17.3. The van der Waals surface area contributed by atoms with Crippen molar-refractivity contribution in [1.82, 2.24) is 5.32 Å². The molecule has 1 heterocycles. The van der Waals surface area contributed by atoms with E-state index in [2.05, 4.69) is 5.32 Å². The maximum absolute atomic E-state index is 15.1. The van der Waals surface area contributed by atoms with E-state index in [1.165, 1.54) is 19.2 Å². The minimum atomic E-state index is -1.04. The minimum absolute atomic E-state index is 0.0225. The highest BCUT2D eigenvalue weighted by atomic mass is 19.1. The van der Waals surface area contributed by atoms with Crippen molar-refractivity contribution in [3.05, 3.63) is 88.0 Å². The number of methoxy groups -OCH3 is 2. The molecule has 3 atom stereocenters. The molecule has 8 heteroatoms. The van der Waals surface area contributed by atoms with Gasteiger partial charge < -0.3 is 19.5 Å². The highest BCUT2D eigenvalue weighted by Gasteiger charge is 2.47. The van der Waals surface area contributed by atoms with Crippen LogP contribution in [-0.2, 0) is 30.5 Å². The van der Waals surface area contributed by atoms with Crippen LogP contribution in [0.3, 0.4) is 0 Å². The van der Waals surface area contributed by atoms with Crippen molar-refractivity contribution in [3.8, 4) is 5.75 Å². The molecule has 0 unspecified atom stereocenters. The van der Waals surface area contributed by atoms with Gasteiger partial charge in [-0.15, -0.1) is 0 Å². The monoisotopic (exact) mass is 493 g/mol. The SMILES string of the molecule is COC(=O)[C@H]1C(=O)C2=C(C[C@@H]1C)NC(C)=C(C(=O)OCc1ccc(OC)cc1)[C@@H]2c1ccccc1F. The lowest BCUT2D eigenvalue weighted by atomic mass is 9.69. The zero-order chi connectivity index (χ0) is 26.0. The summed E-state index contributed by atoms with van der Waals surface area (Å²) in [6, 6.07) is 13.1. The van der Waals surface area contributed by atoms with E-state index in [0.717, 1.165) is 5.56 Å². The van der Waals surface area contributed by atoms with Crippen LogP contribution in [0, 0.1) is 17.7 Å². The number of carbonyl (C=O) groups excluding carboxylic acids is 3. The predicted octanol–water partition coefficient (Wildman–Crippen LogP) is 4.19. The maximum Gasteiger partial charge on any atom is 0.337 e. The van der Waals surface area contributed by atoms with Gasteiger partial charge in [-0.2, -0.15) is 0 Å². The summed E-state index contributed by atoms with van der Waals surface area (Å²) in [5, 5.41) is 3.17. The fraction of sp³-hybridized carbons (Fsp3) is 0.321. The second kappa shape index (κ2) is 10.4. The molecule has 1 aliphatic heterocycles. The van der Waals surface area contributed by atoms with Crippen LogP contribution >= 0.6 is 0 Å². The maximum atomic E-state index is 15.1. The van der Waals surface area contributed by atoms with Crippen molar-refractivity contribution in [2.24, 2.45) is 11.8 Å². The largest absolute Gasteiger partial charge is 0.497 e. The Kier molecular flexibility index (Phi) is 7.24. The molecule has 0 saturated carbocycles. The van der Waals surface area contributed by atoms with Gasteiger partial charge in [-0.1, -0.05) is 37.3 Å². The number of ether oxygens (including phenoxy) is 3. The third-order valence-corrected chi connectivity index (χ3v) is 6.71. The zero-order valence-electron chi connectivity index (χ0n) is 20.6. The molecule has 0 amide bonds. The number of rotatable bonds is 6. The van der Waals surface area contributed by atoms with E-state index in [1.54, 1.807) is 57.4 Å². The average molecular weight is 494 g/mol. The summed E-state index contributed by atoms with van der Waals surface area (Å²) in [7, 11) is 2.79. The summed E-state index contributed by atoms with van der Waals surface area (Å²) >= 11 is 0. The Balaban J connectivity index is 1.73. The van der Waals surface area contributed by atoms with E-state index in [-0.39, 0.29) is 29.2 Å². The summed E-state index contributed by atoms with van der Waals surface area (Å²) in [5.74, 6) is -4.11. The summed E-state index contributed by atoms with van der Waals surface area (Å²) < 4.78 is 30.8. The molecule has 1 N–H and O–H groups in total. The normalized spacial score (nSPS) is 21.5. The fourth-order valence-corrected chi connectivity index (χ4v) is 4.92. The van der Waals surface area contributed by atoms with Crippen LogP contribution in [0.25, 0.3) is 0 Å². The summed E-state index contributed by atoms with van der Waals surface area (Å²) in [5.41, 5.74) is 2.26. The van der Waals surface area contributed by atoms with E-state index >= 15 is 4.39 Å². The number of hydrogen-bond donors (Lipinski definition) is 1. The Morgan fingerprint density at radius 1 is 1.08 bits per heavy atom. The van der Waals surface area contributed by atoms with Crippen molar-refractivity contribution in [3.63, 3.8) is 0 Å². The molecule has 7 nitrogen and oxygen atoms in total.